The smallest absolute Gasteiger partial charge is 0.280 e. The summed E-state index contributed by atoms with van der Waals surface area (Å²) >= 11 is 4.96. The van der Waals surface area contributed by atoms with Crippen molar-refractivity contribution in [2.24, 2.45) is 0 Å². The Bertz CT molecular complexity index is 1180. The summed E-state index contributed by atoms with van der Waals surface area (Å²) in [5.74, 6) is -0.273. The molecule has 1 saturated carbocycles. The van der Waals surface area contributed by atoms with Crippen LogP contribution >= 0.6 is 39.7 Å². The number of hydrogen-bond acceptors (Lipinski definition) is 5. The molecule has 0 radical (unpaired) electrons. The SMILES string of the molecule is CN1CCc2nc(C(=O)N[C@@H]3CCCC[C@@H]3NC(=O)c3cc4cc(Br)ccc4[nH]3)sc2C1.Cl. The highest BCUT2D eigenvalue weighted by Gasteiger charge is 2.30. The Morgan fingerprint density at radius 1 is 1.15 bits per heavy atom. The highest BCUT2D eigenvalue weighted by Crippen LogP contribution is 2.26. The second kappa shape index (κ2) is 10.1. The van der Waals surface area contributed by atoms with Crippen molar-refractivity contribution in [3.8, 4) is 0 Å². The summed E-state index contributed by atoms with van der Waals surface area (Å²) in [6.45, 7) is 1.82. The maximum atomic E-state index is 13.0. The summed E-state index contributed by atoms with van der Waals surface area (Å²) in [4.78, 5) is 37.1. The molecule has 2 aromatic heterocycles. The Balaban J connectivity index is 0.00000259. The van der Waals surface area contributed by atoms with Crippen LogP contribution < -0.4 is 10.6 Å². The first-order valence-corrected chi connectivity index (χ1v) is 12.6. The summed E-state index contributed by atoms with van der Waals surface area (Å²) in [5.41, 5.74) is 2.51. The van der Waals surface area contributed by atoms with Crippen molar-refractivity contribution >= 4 is 62.4 Å². The lowest BCUT2D eigenvalue weighted by Gasteiger charge is -2.32. The zero-order valence-electron chi connectivity index (χ0n) is 18.3. The number of nitrogens with one attached hydrogen (secondary N) is 3. The number of rotatable bonds is 4. The summed E-state index contributed by atoms with van der Waals surface area (Å²) in [6.07, 6.45) is 4.66. The van der Waals surface area contributed by atoms with E-state index in [2.05, 4.69) is 48.5 Å². The lowest BCUT2D eigenvalue weighted by molar-refractivity contribution is 0.0860. The molecule has 2 atom stereocenters. The normalized spacial score (nSPS) is 20.7. The Morgan fingerprint density at radius 2 is 1.88 bits per heavy atom. The van der Waals surface area contributed by atoms with Crippen LogP contribution in [-0.4, -0.2) is 52.4 Å². The van der Waals surface area contributed by atoms with Crippen LogP contribution in [0.3, 0.4) is 0 Å². The molecule has 0 saturated heterocycles. The minimum Gasteiger partial charge on any atom is -0.351 e. The molecule has 2 amide bonds. The van der Waals surface area contributed by atoms with Gasteiger partial charge in [-0.3, -0.25) is 9.59 Å². The van der Waals surface area contributed by atoms with Crippen LogP contribution in [0.15, 0.2) is 28.7 Å². The third-order valence-electron chi connectivity index (χ3n) is 6.34. The van der Waals surface area contributed by atoms with Crippen LogP contribution in [0.2, 0.25) is 0 Å². The number of thiazole rings is 1. The highest BCUT2D eigenvalue weighted by molar-refractivity contribution is 9.10. The third kappa shape index (κ3) is 5.26. The summed E-state index contributed by atoms with van der Waals surface area (Å²) in [7, 11) is 2.09. The van der Waals surface area contributed by atoms with Crippen molar-refractivity contribution in [2.45, 2.75) is 50.7 Å². The maximum Gasteiger partial charge on any atom is 0.280 e. The second-order valence-electron chi connectivity index (χ2n) is 8.74. The first kappa shape index (κ1) is 24.2. The van der Waals surface area contributed by atoms with E-state index >= 15 is 0 Å². The monoisotopic (exact) mass is 551 g/mol. The van der Waals surface area contributed by atoms with E-state index in [1.807, 2.05) is 24.3 Å². The molecule has 3 aromatic rings. The van der Waals surface area contributed by atoms with Crippen LogP contribution in [0, 0.1) is 0 Å². The average molecular weight is 553 g/mol. The first-order chi connectivity index (χ1) is 15.5. The number of amides is 2. The number of nitrogens with zero attached hydrogens (tertiary/aromatic N) is 2. The van der Waals surface area contributed by atoms with Gasteiger partial charge >= 0.3 is 0 Å². The molecule has 7 nitrogen and oxygen atoms in total. The summed E-state index contributed by atoms with van der Waals surface area (Å²) in [6, 6.07) is 7.55. The molecule has 1 fully saturated rings. The van der Waals surface area contributed by atoms with E-state index in [4.69, 9.17) is 0 Å². The van der Waals surface area contributed by atoms with E-state index in [-0.39, 0.29) is 36.3 Å². The molecule has 3 N–H and O–H groups in total. The summed E-state index contributed by atoms with van der Waals surface area (Å²) < 4.78 is 0.974. The van der Waals surface area contributed by atoms with Gasteiger partial charge in [-0.1, -0.05) is 28.8 Å². The molecule has 0 unspecified atom stereocenters. The van der Waals surface area contributed by atoms with Gasteiger partial charge in [0.25, 0.3) is 11.8 Å². The van der Waals surface area contributed by atoms with Crippen LogP contribution in [0.4, 0.5) is 0 Å². The largest absolute Gasteiger partial charge is 0.351 e. The van der Waals surface area contributed by atoms with Gasteiger partial charge in [0.2, 0.25) is 0 Å². The molecule has 0 bridgehead atoms. The number of fused-ring (bicyclic) bond motifs is 2. The minimum atomic E-state index is -0.142. The van der Waals surface area contributed by atoms with Gasteiger partial charge in [0.1, 0.15) is 5.69 Å². The number of benzene rings is 1. The second-order valence-corrected chi connectivity index (χ2v) is 10.7. The lowest BCUT2D eigenvalue weighted by Crippen LogP contribution is -2.53. The molecule has 33 heavy (non-hydrogen) atoms. The van der Waals surface area contributed by atoms with E-state index in [1.54, 1.807) is 0 Å². The Morgan fingerprint density at radius 3 is 2.64 bits per heavy atom. The fraction of sp³-hybridized carbons (Fsp3) is 0.435. The van der Waals surface area contributed by atoms with Gasteiger partial charge < -0.3 is 20.5 Å². The molecular formula is C23H27BrClN5O2S. The van der Waals surface area contributed by atoms with Crippen molar-refractivity contribution in [1.29, 1.82) is 0 Å². The predicted octanol–water partition coefficient (Wildman–Crippen LogP) is 4.27. The molecule has 1 aliphatic carbocycles. The number of halogens is 2. The first-order valence-electron chi connectivity index (χ1n) is 11.0. The molecule has 3 heterocycles. The molecule has 176 valence electrons. The lowest BCUT2D eigenvalue weighted by atomic mass is 9.90. The van der Waals surface area contributed by atoms with Gasteiger partial charge in [0.15, 0.2) is 5.01 Å². The predicted molar refractivity (Wildman–Crippen MR) is 136 cm³/mol. The van der Waals surface area contributed by atoms with Gasteiger partial charge in [0, 0.05) is 51.8 Å². The Labute approximate surface area is 211 Å². The van der Waals surface area contributed by atoms with Gasteiger partial charge in [-0.05, 0) is 44.2 Å². The average Bonchev–Trinajstić information content (AvgIpc) is 3.38. The highest BCUT2D eigenvalue weighted by atomic mass is 79.9. The zero-order valence-corrected chi connectivity index (χ0v) is 21.5. The van der Waals surface area contributed by atoms with Crippen molar-refractivity contribution in [3.05, 3.63) is 50.0 Å². The Kier molecular flexibility index (Phi) is 7.43. The van der Waals surface area contributed by atoms with Gasteiger partial charge in [-0.15, -0.1) is 23.7 Å². The summed E-state index contributed by atoms with van der Waals surface area (Å²) in [5, 5.41) is 7.83. The number of hydrogen-bond donors (Lipinski definition) is 3. The quantitative estimate of drug-likeness (QED) is 0.451. The fourth-order valence-electron chi connectivity index (χ4n) is 4.60. The van der Waals surface area contributed by atoms with Gasteiger partial charge in [-0.2, -0.15) is 0 Å². The van der Waals surface area contributed by atoms with Crippen LogP contribution in [0.5, 0.6) is 0 Å². The molecule has 5 rings (SSSR count). The number of likely N-dealkylation sites (N-methyl/N-ethyl adjacent to an activating group) is 1. The maximum absolute atomic E-state index is 13.0. The van der Waals surface area contributed by atoms with Gasteiger partial charge in [0.05, 0.1) is 5.69 Å². The molecule has 2 aliphatic rings. The van der Waals surface area contributed by atoms with Crippen molar-refractivity contribution in [2.75, 3.05) is 13.6 Å². The van der Waals surface area contributed by atoms with Crippen LogP contribution in [0.1, 0.15) is 56.5 Å². The molecule has 0 spiro atoms. The van der Waals surface area contributed by atoms with E-state index in [1.165, 1.54) is 16.2 Å². The standard InChI is InChI=1S/C23H26BrN5O2S.ClH/c1-29-9-8-18-20(12-29)32-23(28-18)22(31)27-17-5-3-2-4-16(17)26-21(30)19-11-13-10-14(24)6-7-15(13)25-19;/h6-7,10-11,16-17,25H,2-5,8-9,12H2,1H3,(H,26,30)(H,27,31);1H/t16-,17+;/m0./s1. The van der Waals surface area contributed by atoms with Crippen LogP contribution in [-0.2, 0) is 13.0 Å². The van der Waals surface area contributed by atoms with E-state index in [0.717, 1.165) is 66.3 Å². The third-order valence-corrected chi connectivity index (χ3v) is 7.92. The molecule has 10 heteroatoms. The van der Waals surface area contributed by atoms with Crippen molar-refractivity contribution < 1.29 is 9.59 Å². The fourth-order valence-corrected chi connectivity index (χ4v) is 6.07. The molecule has 1 aromatic carbocycles. The minimum absolute atomic E-state index is 0. The van der Waals surface area contributed by atoms with E-state index < -0.39 is 0 Å². The Hall–Kier alpha value is -1.94. The van der Waals surface area contributed by atoms with Crippen molar-refractivity contribution in [1.82, 2.24) is 25.5 Å². The van der Waals surface area contributed by atoms with Crippen LogP contribution in [0.25, 0.3) is 10.9 Å². The van der Waals surface area contributed by atoms with E-state index in [0.29, 0.717) is 10.7 Å². The number of aromatic amines is 1. The van der Waals surface area contributed by atoms with Gasteiger partial charge in [-0.25, -0.2) is 4.98 Å². The number of carbonyl (C=O) groups excluding carboxylic acids is 2. The molecular weight excluding hydrogens is 526 g/mol. The number of H-pyrrole nitrogens is 1. The van der Waals surface area contributed by atoms with Crippen molar-refractivity contribution in [3.63, 3.8) is 0 Å². The zero-order chi connectivity index (χ0) is 22.2. The topological polar surface area (TPSA) is 90.1 Å². The number of aromatic nitrogens is 2. The molecule has 1 aliphatic heterocycles. The number of carbonyl (C=O) groups is 2. The van der Waals surface area contributed by atoms with E-state index in [9.17, 15) is 9.59 Å².